The van der Waals surface area contributed by atoms with Crippen molar-refractivity contribution in [2.24, 2.45) is 5.84 Å². The minimum absolute atomic E-state index is 0.167. The zero-order valence-electron chi connectivity index (χ0n) is 11.2. The molecule has 102 valence electrons. The molecule has 0 radical (unpaired) electrons. The summed E-state index contributed by atoms with van der Waals surface area (Å²) in [5, 5.41) is 8.74. The molecule has 0 heterocycles. The van der Waals surface area contributed by atoms with Crippen molar-refractivity contribution in [3.05, 3.63) is 30.3 Å². The van der Waals surface area contributed by atoms with Crippen molar-refractivity contribution in [3.63, 3.8) is 0 Å². The number of amides is 1. The largest absolute Gasteiger partial charge is 0.368 e. The third kappa shape index (κ3) is 4.98. The zero-order valence-corrected chi connectivity index (χ0v) is 11.2. The van der Waals surface area contributed by atoms with Crippen molar-refractivity contribution in [2.45, 2.75) is 32.2 Å². The molecule has 0 aliphatic carbocycles. The van der Waals surface area contributed by atoms with Crippen molar-refractivity contribution >= 4 is 11.6 Å². The molecule has 19 heavy (non-hydrogen) atoms. The van der Waals surface area contributed by atoms with Crippen LogP contribution in [0.5, 0.6) is 0 Å². The van der Waals surface area contributed by atoms with Crippen LogP contribution in [0.3, 0.4) is 0 Å². The van der Waals surface area contributed by atoms with E-state index in [1.54, 1.807) is 0 Å². The number of hydrazine groups is 1. The van der Waals surface area contributed by atoms with Gasteiger partial charge in [0.25, 0.3) is 0 Å². The Kier molecular flexibility index (Phi) is 6.41. The first-order chi connectivity index (χ1) is 9.19. The summed E-state index contributed by atoms with van der Waals surface area (Å²) in [5.74, 6) is 4.90. The Morgan fingerprint density at radius 3 is 2.74 bits per heavy atom. The molecule has 1 unspecified atom stereocenters. The van der Waals surface area contributed by atoms with E-state index in [4.69, 9.17) is 11.1 Å². The average molecular weight is 260 g/mol. The van der Waals surface area contributed by atoms with E-state index in [0.717, 1.165) is 5.69 Å². The molecule has 1 rings (SSSR count). The van der Waals surface area contributed by atoms with Gasteiger partial charge in [0, 0.05) is 24.7 Å². The Labute approximate surface area is 114 Å². The fourth-order valence-electron chi connectivity index (χ4n) is 1.96. The number of nitrogens with one attached hydrogen (secondary N) is 1. The predicted octanol–water partition coefficient (Wildman–Crippen LogP) is 1.57. The lowest BCUT2D eigenvalue weighted by Crippen LogP contribution is -2.36. The standard InChI is InChI=1S/C14H20N4O/c1-12(8-9-14(19)17-16)18(11-5-10-15)13-6-3-2-4-7-13/h2-4,6-7,12H,5,8-9,11,16H2,1H3,(H,17,19). The quantitative estimate of drug-likeness (QED) is 0.443. The van der Waals surface area contributed by atoms with Gasteiger partial charge < -0.3 is 4.90 Å². The normalized spacial score (nSPS) is 11.4. The first-order valence-corrected chi connectivity index (χ1v) is 6.37. The smallest absolute Gasteiger partial charge is 0.233 e. The molecule has 0 bridgehead atoms. The third-order valence-electron chi connectivity index (χ3n) is 3.03. The zero-order chi connectivity index (χ0) is 14.1. The maximum Gasteiger partial charge on any atom is 0.233 e. The van der Waals surface area contributed by atoms with Crippen LogP contribution in [-0.2, 0) is 4.79 Å². The molecule has 0 saturated heterocycles. The van der Waals surface area contributed by atoms with Crippen molar-refractivity contribution in [3.8, 4) is 6.07 Å². The van der Waals surface area contributed by atoms with E-state index in [2.05, 4.69) is 16.4 Å². The van der Waals surface area contributed by atoms with Crippen molar-refractivity contribution in [1.82, 2.24) is 5.43 Å². The number of carbonyl (C=O) groups is 1. The number of para-hydroxylation sites is 1. The van der Waals surface area contributed by atoms with Crippen molar-refractivity contribution < 1.29 is 4.79 Å². The van der Waals surface area contributed by atoms with Crippen molar-refractivity contribution in [1.29, 1.82) is 5.26 Å². The van der Waals surface area contributed by atoms with Gasteiger partial charge in [0.1, 0.15) is 0 Å². The van der Waals surface area contributed by atoms with Gasteiger partial charge in [-0.25, -0.2) is 5.84 Å². The molecule has 1 atom stereocenters. The maximum absolute atomic E-state index is 11.2. The van der Waals surface area contributed by atoms with Crippen LogP contribution >= 0.6 is 0 Å². The second-order valence-electron chi connectivity index (χ2n) is 4.39. The lowest BCUT2D eigenvalue weighted by Gasteiger charge is -2.30. The summed E-state index contributed by atoms with van der Waals surface area (Å²) in [6, 6.07) is 12.2. The first kappa shape index (κ1) is 15.0. The Morgan fingerprint density at radius 1 is 1.47 bits per heavy atom. The summed E-state index contributed by atoms with van der Waals surface area (Å²) < 4.78 is 0. The minimum Gasteiger partial charge on any atom is -0.368 e. The fourth-order valence-corrected chi connectivity index (χ4v) is 1.96. The molecule has 1 amide bonds. The second-order valence-corrected chi connectivity index (χ2v) is 4.39. The molecule has 0 spiro atoms. The first-order valence-electron chi connectivity index (χ1n) is 6.37. The van der Waals surface area contributed by atoms with Crippen LogP contribution in [0.4, 0.5) is 5.69 Å². The Hall–Kier alpha value is -2.06. The molecular formula is C14H20N4O. The van der Waals surface area contributed by atoms with E-state index in [0.29, 0.717) is 25.8 Å². The number of anilines is 1. The number of nitrogens with two attached hydrogens (primary N) is 1. The summed E-state index contributed by atoms with van der Waals surface area (Å²) in [6.07, 6.45) is 1.54. The number of hydrogen-bond donors (Lipinski definition) is 2. The second kappa shape index (κ2) is 8.11. The summed E-state index contributed by atoms with van der Waals surface area (Å²) in [7, 11) is 0. The molecule has 0 fully saturated rings. The van der Waals surface area contributed by atoms with Crippen LogP contribution in [0.15, 0.2) is 30.3 Å². The topological polar surface area (TPSA) is 82.2 Å². The van der Waals surface area contributed by atoms with Gasteiger partial charge in [0.05, 0.1) is 12.5 Å². The van der Waals surface area contributed by atoms with Crippen LogP contribution in [-0.4, -0.2) is 18.5 Å². The highest BCUT2D eigenvalue weighted by Gasteiger charge is 2.15. The lowest BCUT2D eigenvalue weighted by atomic mass is 10.1. The highest BCUT2D eigenvalue weighted by atomic mass is 16.2. The van der Waals surface area contributed by atoms with Crippen LogP contribution in [0.25, 0.3) is 0 Å². The fraction of sp³-hybridized carbons (Fsp3) is 0.429. The highest BCUT2D eigenvalue weighted by molar-refractivity contribution is 5.75. The minimum atomic E-state index is -0.167. The van der Waals surface area contributed by atoms with Crippen LogP contribution in [0.1, 0.15) is 26.2 Å². The number of rotatable bonds is 7. The molecule has 1 aromatic carbocycles. The Bertz CT molecular complexity index is 427. The van der Waals surface area contributed by atoms with Gasteiger partial charge in [0.15, 0.2) is 0 Å². The molecular weight excluding hydrogens is 240 g/mol. The van der Waals surface area contributed by atoms with Gasteiger partial charge in [-0.15, -0.1) is 0 Å². The number of nitriles is 1. The molecule has 5 nitrogen and oxygen atoms in total. The van der Waals surface area contributed by atoms with Crippen LogP contribution in [0.2, 0.25) is 0 Å². The molecule has 1 aromatic rings. The lowest BCUT2D eigenvalue weighted by molar-refractivity contribution is -0.121. The molecule has 3 N–H and O–H groups in total. The van der Waals surface area contributed by atoms with Gasteiger partial charge in [-0.05, 0) is 25.5 Å². The van der Waals surface area contributed by atoms with E-state index >= 15 is 0 Å². The van der Waals surface area contributed by atoms with E-state index in [9.17, 15) is 4.79 Å². The van der Waals surface area contributed by atoms with E-state index in [-0.39, 0.29) is 11.9 Å². The van der Waals surface area contributed by atoms with Crippen LogP contribution < -0.4 is 16.2 Å². The average Bonchev–Trinajstić information content (AvgIpc) is 2.46. The summed E-state index contributed by atoms with van der Waals surface area (Å²) in [6.45, 7) is 2.71. The maximum atomic E-state index is 11.2. The summed E-state index contributed by atoms with van der Waals surface area (Å²) >= 11 is 0. The van der Waals surface area contributed by atoms with Gasteiger partial charge in [-0.1, -0.05) is 18.2 Å². The molecule has 0 aliphatic heterocycles. The number of hydrogen-bond acceptors (Lipinski definition) is 4. The number of carbonyl (C=O) groups excluding carboxylic acids is 1. The van der Waals surface area contributed by atoms with E-state index in [1.165, 1.54) is 0 Å². The monoisotopic (exact) mass is 260 g/mol. The molecule has 0 aromatic heterocycles. The third-order valence-corrected chi connectivity index (χ3v) is 3.03. The van der Waals surface area contributed by atoms with E-state index in [1.807, 2.05) is 37.3 Å². The summed E-state index contributed by atoms with van der Waals surface area (Å²) in [4.78, 5) is 13.3. The molecule has 0 saturated carbocycles. The number of nitrogens with zero attached hydrogens (tertiary/aromatic N) is 2. The Morgan fingerprint density at radius 2 is 2.16 bits per heavy atom. The SMILES string of the molecule is CC(CCC(=O)NN)N(CCC#N)c1ccccc1. The Balaban J connectivity index is 2.68. The number of benzene rings is 1. The van der Waals surface area contributed by atoms with Crippen LogP contribution in [0, 0.1) is 11.3 Å². The van der Waals surface area contributed by atoms with Gasteiger partial charge in [-0.3, -0.25) is 10.2 Å². The van der Waals surface area contributed by atoms with Crippen molar-refractivity contribution in [2.75, 3.05) is 11.4 Å². The summed E-state index contributed by atoms with van der Waals surface area (Å²) in [5.41, 5.74) is 3.20. The van der Waals surface area contributed by atoms with Gasteiger partial charge in [0.2, 0.25) is 5.91 Å². The van der Waals surface area contributed by atoms with Gasteiger partial charge >= 0.3 is 0 Å². The molecule has 0 aliphatic rings. The highest BCUT2D eigenvalue weighted by Crippen LogP contribution is 2.19. The van der Waals surface area contributed by atoms with E-state index < -0.39 is 0 Å². The predicted molar refractivity (Wildman–Crippen MR) is 75.0 cm³/mol. The van der Waals surface area contributed by atoms with Gasteiger partial charge in [-0.2, -0.15) is 5.26 Å². The molecule has 5 heteroatoms.